The van der Waals surface area contributed by atoms with Gasteiger partial charge in [0, 0.05) is 24.0 Å². The van der Waals surface area contributed by atoms with Crippen LogP contribution >= 0.6 is 0 Å². The average molecular weight is 296 g/mol. The molecule has 0 unspecified atom stereocenters. The van der Waals surface area contributed by atoms with Gasteiger partial charge in [-0.15, -0.1) is 0 Å². The molecule has 2 heterocycles. The molecule has 2 N–H and O–H groups in total. The van der Waals surface area contributed by atoms with Crippen LogP contribution in [-0.4, -0.2) is 32.1 Å². The first-order valence-electron chi connectivity index (χ1n) is 6.29. The Morgan fingerprint density at radius 1 is 0.864 bits per heavy atom. The Morgan fingerprint density at radius 2 is 1.59 bits per heavy atom. The number of benzene rings is 1. The van der Waals surface area contributed by atoms with Crippen LogP contribution in [0.5, 0.6) is 0 Å². The maximum Gasteiger partial charge on any atom is 0.337 e. The molecule has 0 amide bonds. The number of aromatic nitrogens is 2. The maximum atomic E-state index is 10.6. The zero-order chi connectivity index (χ0) is 15.9. The van der Waals surface area contributed by atoms with Crippen LogP contribution in [0.15, 0.2) is 61.1 Å². The summed E-state index contributed by atoms with van der Waals surface area (Å²) in [4.78, 5) is 28.5. The minimum atomic E-state index is -0.942. The van der Waals surface area contributed by atoms with Gasteiger partial charge in [0.1, 0.15) is 0 Å². The second kappa shape index (κ2) is 6.94. The molecule has 1 aromatic carbocycles. The number of carboxylic acid groups (broad SMARTS) is 2. The van der Waals surface area contributed by atoms with E-state index in [4.69, 9.17) is 10.2 Å². The van der Waals surface area contributed by atoms with Crippen LogP contribution in [0.2, 0.25) is 0 Å². The van der Waals surface area contributed by atoms with E-state index in [-0.39, 0.29) is 5.56 Å². The minimum Gasteiger partial charge on any atom is -0.478 e. The largest absolute Gasteiger partial charge is 0.478 e. The van der Waals surface area contributed by atoms with Gasteiger partial charge >= 0.3 is 11.9 Å². The molecule has 6 heteroatoms. The molecule has 2 aromatic heterocycles. The van der Waals surface area contributed by atoms with Crippen LogP contribution in [0.25, 0.3) is 10.9 Å². The number of carboxylic acids is 2. The molecule has 110 valence electrons. The third-order valence-corrected chi connectivity index (χ3v) is 2.76. The fourth-order valence-electron chi connectivity index (χ4n) is 1.70. The number of hydrogen-bond donors (Lipinski definition) is 2. The molecule has 0 saturated carbocycles. The highest BCUT2D eigenvalue weighted by molar-refractivity contribution is 5.93. The van der Waals surface area contributed by atoms with Crippen molar-refractivity contribution >= 4 is 22.8 Å². The van der Waals surface area contributed by atoms with E-state index in [1.54, 1.807) is 36.5 Å². The lowest BCUT2D eigenvalue weighted by atomic mass is 10.1. The molecular weight excluding hydrogens is 284 g/mol. The molecule has 0 aliphatic carbocycles. The Balaban J connectivity index is 0.000000172. The molecule has 0 aliphatic heterocycles. The van der Waals surface area contributed by atoms with Gasteiger partial charge < -0.3 is 10.2 Å². The summed E-state index contributed by atoms with van der Waals surface area (Å²) in [7, 11) is 0. The van der Waals surface area contributed by atoms with E-state index in [0.29, 0.717) is 5.56 Å². The normalized spacial score (nSPS) is 9.64. The Morgan fingerprint density at radius 3 is 2.18 bits per heavy atom. The van der Waals surface area contributed by atoms with E-state index in [0.717, 1.165) is 10.9 Å². The second-order valence-electron chi connectivity index (χ2n) is 4.26. The van der Waals surface area contributed by atoms with Crippen LogP contribution < -0.4 is 0 Å². The Hall–Kier alpha value is -3.28. The summed E-state index contributed by atoms with van der Waals surface area (Å²) < 4.78 is 0. The summed E-state index contributed by atoms with van der Waals surface area (Å²) >= 11 is 0. The van der Waals surface area contributed by atoms with Gasteiger partial charge in [0.25, 0.3) is 0 Å². The summed E-state index contributed by atoms with van der Waals surface area (Å²) in [6.07, 6.45) is 4.53. The van der Waals surface area contributed by atoms with Crippen LogP contribution in [-0.2, 0) is 0 Å². The molecule has 3 rings (SSSR count). The lowest BCUT2D eigenvalue weighted by molar-refractivity contribution is 0.0686. The first-order valence-corrected chi connectivity index (χ1v) is 6.29. The second-order valence-corrected chi connectivity index (χ2v) is 4.26. The van der Waals surface area contributed by atoms with Gasteiger partial charge in [-0.05, 0) is 36.4 Å². The smallest absolute Gasteiger partial charge is 0.337 e. The van der Waals surface area contributed by atoms with Crippen molar-refractivity contribution in [2.24, 2.45) is 0 Å². The number of carbonyl (C=O) groups is 2. The van der Waals surface area contributed by atoms with Crippen molar-refractivity contribution < 1.29 is 19.8 Å². The summed E-state index contributed by atoms with van der Waals surface area (Å²) in [6.45, 7) is 0. The lowest BCUT2D eigenvalue weighted by Gasteiger charge is -1.97. The molecule has 0 saturated heterocycles. The predicted octanol–water partition coefficient (Wildman–Crippen LogP) is 2.71. The topological polar surface area (TPSA) is 100 Å². The summed E-state index contributed by atoms with van der Waals surface area (Å²) in [5.41, 5.74) is 1.32. The highest BCUT2D eigenvalue weighted by Crippen LogP contribution is 2.12. The van der Waals surface area contributed by atoms with E-state index in [2.05, 4.69) is 9.97 Å². The molecule has 3 aromatic rings. The summed E-state index contributed by atoms with van der Waals surface area (Å²) in [5, 5.41) is 17.9. The number of rotatable bonds is 2. The van der Waals surface area contributed by atoms with Gasteiger partial charge in [-0.25, -0.2) is 9.59 Å². The molecule has 0 aliphatic rings. The van der Waals surface area contributed by atoms with E-state index >= 15 is 0 Å². The number of hydrogen-bond acceptors (Lipinski definition) is 4. The maximum absolute atomic E-state index is 10.6. The van der Waals surface area contributed by atoms with Crippen LogP contribution in [0.4, 0.5) is 0 Å². The van der Waals surface area contributed by atoms with Crippen LogP contribution in [0.1, 0.15) is 20.7 Å². The van der Waals surface area contributed by atoms with E-state index in [1.165, 1.54) is 18.5 Å². The van der Waals surface area contributed by atoms with E-state index in [1.807, 2.05) is 6.07 Å². The standard InChI is InChI=1S/C10H7NO2.C6H5NO2/c12-10(13)8-3-4-9-7(6-8)2-1-5-11-9;8-6(9)5-2-1-3-7-4-5/h1-6H,(H,12,13);1-4H,(H,8,9). The summed E-state index contributed by atoms with van der Waals surface area (Å²) in [5.74, 6) is -1.85. The van der Waals surface area contributed by atoms with Crippen molar-refractivity contribution in [3.8, 4) is 0 Å². The van der Waals surface area contributed by atoms with Crippen molar-refractivity contribution in [1.29, 1.82) is 0 Å². The Kier molecular flexibility index (Phi) is 4.77. The molecule has 0 radical (unpaired) electrons. The monoisotopic (exact) mass is 296 g/mol. The third-order valence-electron chi connectivity index (χ3n) is 2.76. The summed E-state index contributed by atoms with van der Waals surface area (Å²) in [6, 6.07) is 11.6. The van der Waals surface area contributed by atoms with Crippen LogP contribution in [0, 0.1) is 0 Å². The van der Waals surface area contributed by atoms with Gasteiger partial charge in [-0.3, -0.25) is 9.97 Å². The molecule has 0 atom stereocenters. The molecule has 0 spiro atoms. The lowest BCUT2D eigenvalue weighted by Crippen LogP contribution is -1.95. The zero-order valence-corrected chi connectivity index (χ0v) is 11.4. The van der Waals surface area contributed by atoms with Crippen molar-refractivity contribution in [3.05, 3.63) is 72.2 Å². The first kappa shape index (κ1) is 15.1. The fourth-order valence-corrected chi connectivity index (χ4v) is 1.70. The predicted molar refractivity (Wildman–Crippen MR) is 79.9 cm³/mol. The van der Waals surface area contributed by atoms with Gasteiger partial charge in [-0.2, -0.15) is 0 Å². The Bertz CT molecular complexity index is 803. The number of pyridine rings is 2. The first-order chi connectivity index (χ1) is 10.6. The van der Waals surface area contributed by atoms with Gasteiger partial charge in [0.2, 0.25) is 0 Å². The van der Waals surface area contributed by atoms with Crippen molar-refractivity contribution in [2.75, 3.05) is 0 Å². The molecular formula is C16H12N2O4. The minimum absolute atomic E-state index is 0.220. The van der Waals surface area contributed by atoms with E-state index < -0.39 is 11.9 Å². The Labute approximate surface area is 125 Å². The number of nitrogens with zero attached hydrogens (tertiary/aromatic N) is 2. The quantitative estimate of drug-likeness (QED) is 0.754. The average Bonchev–Trinajstić information content (AvgIpc) is 2.55. The molecule has 22 heavy (non-hydrogen) atoms. The third kappa shape index (κ3) is 3.86. The highest BCUT2D eigenvalue weighted by Gasteiger charge is 2.02. The molecule has 0 bridgehead atoms. The van der Waals surface area contributed by atoms with Crippen molar-refractivity contribution in [1.82, 2.24) is 9.97 Å². The van der Waals surface area contributed by atoms with Crippen LogP contribution in [0.3, 0.4) is 0 Å². The fraction of sp³-hybridized carbons (Fsp3) is 0. The number of aromatic carboxylic acids is 2. The van der Waals surface area contributed by atoms with E-state index in [9.17, 15) is 9.59 Å². The van der Waals surface area contributed by atoms with Gasteiger partial charge in [0.05, 0.1) is 16.6 Å². The SMILES string of the molecule is O=C(O)c1ccc2ncccc2c1.O=C(O)c1cccnc1. The highest BCUT2D eigenvalue weighted by atomic mass is 16.4. The van der Waals surface area contributed by atoms with Gasteiger partial charge in [0.15, 0.2) is 0 Å². The van der Waals surface area contributed by atoms with Crippen molar-refractivity contribution in [2.45, 2.75) is 0 Å². The van der Waals surface area contributed by atoms with Gasteiger partial charge in [-0.1, -0.05) is 6.07 Å². The zero-order valence-electron chi connectivity index (χ0n) is 11.4. The van der Waals surface area contributed by atoms with Crippen molar-refractivity contribution in [3.63, 3.8) is 0 Å². The molecule has 0 fully saturated rings. The number of fused-ring (bicyclic) bond motifs is 1. The molecule has 6 nitrogen and oxygen atoms in total.